The number of rotatable bonds is 4. The van der Waals surface area contributed by atoms with Crippen LogP contribution < -0.4 is 16.4 Å². The molecule has 0 atom stereocenters. The summed E-state index contributed by atoms with van der Waals surface area (Å²) in [6.45, 7) is 0. The molecule has 1 aliphatic carbocycles. The van der Waals surface area contributed by atoms with Crippen molar-refractivity contribution < 1.29 is 14.0 Å². The molecule has 0 radical (unpaired) electrons. The Bertz CT molecular complexity index is 838. The minimum Gasteiger partial charge on any atom is -0.465 e. The van der Waals surface area contributed by atoms with Crippen molar-refractivity contribution in [1.29, 1.82) is 0 Å². The molecule has 130 valence electrons. The van der Waals surface area contributed by atoms with Crippen LogP contribution in [-0.4, -0.2) is 16.9 Å². The van der Waals surface area contributed by atoms with E-state index in [1.807, 2.05) is 0 Å². The predicted molar refractivity (Wildman–Crippen MR) is 102 cm³/mol. The molecule has 0 bridgehead atoms. The number of furan rings is 1. The van der Waals surface area contributed by atoms with E-state index in [1.165, 1.54) is 29.8 Å². The molecule has 2 aromatic heterocycles. The van der Waals surface area contributed by atoms with Crippen LogP contribution >= 0.6 is 23.6 Å². The van der Waals surface area contributed by atoms with Gasteiger partial charge < -0.3 is 15.5 Å². The standard InChI is InChI=1S/C17H17N3O3S2/c18-15(22)14-11-5-1-2-6-12(11)25-16(14)20-17(24)19-13(21)8-7-10-4-3-9-23-10/h3-4,7-9H,1-2,5-6H2,(H2,18,22)(H2,19,20,21,24). The molecule has 0 saturated heterocycles. The average Bonchev–Trinajstić information content (AvgIpc) is 3.19. The number of thiophene rings is 1. The summed E-state index contributed by atoms with van der Waals surface area (Å²) in [4.78, 5) is 24.9. The molecule has 1 aliphatic rings. The van der Waals surface area contributed by atoms with Crippen LogP contribution in [0, 0.1) is 0 Å². The second-order valence-electron chi connectivity index (χ2n) is 5.57. The first kappa shape index (κ1) is 17.4. The Morgan fingerprint density at radius 3 is 2.84 bits per heavy atom. The van der Waals surface area contributed by atoms with Crippen molar-refractivity contribution in [3.05, 3.63) is 46.2 Å². The number of fused-ring (bicyclic) bond motifs is 1. The average molecular weight is 375 g/mol. The summed E-state index contributed by atoms with van der Waals surface area (Å²) < 4.78 is 5.11. The highest BCUT2D eigenvalue weighted by molar-refractivity contribution is 7.80. The van der Waals surface area contributed by atoms with Gasteiger partial charge in [-0.05, 0) is 61.7 Å². The Labute approximate surface area is 154 Å². The first-order valence-electron chi connectivity index (χ1n) is 7.82. The number of nitrogens with two attached hydrogens (primary N) is 1. The van der Waals surface area contributed by atoms with Gasteiger partial charge in [0, 0.05) is 11.0 Å². The lowest BCUT2D eigenvalue weighted by Crippen LogP contribution is -2.33. The van der Waals surface area contributed by atoms with Gasteiger partial charge in [-0.3, -0.25) is 14.9 Å². The zero-order valence-electron chi connectivity index (χ0n) is 13.3. The van der Waals surface area contributed by atoms with E-state index in [1.54, 1.807) is 12.1 Å². The lowest BCUT2D eigenvalue weighted by Gasteiger charge is -2.11. The van der Waals surface area contributed by atoms with Gasteiger partial charge in [-0.2, -0.15) is 0 Å². The molecule has 0 fully saturated rings. The van der Waals surface area contributed by atoms with Crippen LogP contribution in [0.5, 0.6) is 0 Å². The van der Waals surface area contributed by atoms with Crippen LogP contribution in [0.1, 0.15) is 39.4 Å². The fourth-order valence-electron chi connectivity index (χ4n) is 2.75. The zero-order valence-corrected chi connectivity index (χ0v) is 15.0. The Hall–Kier alpha value is -2.45. The summed E-state index contributed by atoms with van der Waals surface area (Å²) in [6, 6.07) is 3.46. The van der Waals surface area contributed by atoms with E-state index < -0.39 is 11.8 Å². The maximum absolute atomic E-state index is 11.9. The summed E-state index contributed by atoms with van der Waals surface area (Å²) in [5.41, 5.74) is 7.04. The molecule has 8 heteroatoms. The van der Waals surface area contributed by atoms with Gasteiger partial charge in [0.05, 0.1) is 11.8 Å². The third-order valence-electron chi connectivity index (χ3n) is 3.82. The van der Waals surface area contributed by atoms with Crippen molar-refractivity contribution in [1.82, 2.24) is 5.32 Å². The SMILES string of the molecule is NC(=O)c1c(NC(=S)NC(=O)C=Cc2ccco2)sc2c1CCCC2. The Morgan fingerprint density at radius 2 is 2.12 bits per heavy atom. The third kappa shape index (κ3) is 4.15. The molecule has 0 saturated carbocycles. The quantitative estimate of drug-likeness (QED) is 0.564. The van der Waals surface area contributed by atoms with Crippen LogP contribution in [-0.2, 0) is 17.6 Å². The van der Waals surface area contributed by atoms with Crippen molar-refractivity contribution in [2.45, 2.75) is 25.7 Å². The van der Waals surface area contributed by atoms with Crippen LogP contribution in [0.2, 0.25) is 0 Å². The van der Waals surface area contributed by atoms with Crippen LogP contribution in [0.4, 0.5) is 5.00 Å². The maximum atomic E-state index is 11.9. The smallest absolute Gasteiger partial charge is 0.251 e. The summed E-state index contributed by atoms with van der Waals surface area (Å²) in [7, 11) is 0. The fourth-order valence-corrected chi connectivity index (χ4v) is 4.31. The minimum atomic E-state index is -0.478. The highest BCUT2D eigenvalue weighted by Crippen LogP contribution is 2.37. The molecule has 2 heterocycles. The fraction of sp³-hybridized carbons (Fsp3) is 0.235. The first-order chi connectivity index (χ1) is 12.0. The van der Waals surface area contributed by atoms with Gasteiger partial charge in [-0.25, -0.2) is 0 Å². The third-order valence-corrected chi connectivity index (χ3v) is 5.24. The number of amides is 2. The van der Waals surface area contributed by atoms with E-state index in [0.717, 1.165) is 36.1 Å². The molecular weight excluding hydrogens is 358 g/mol. The summed E-state index contributed by atoms with van der Waals surface area (Å²) in [5.74, 6) is -0.305. The van der Waals surface area contributed by atoms with E-state index in [-0.39, 0.29) is 5.11 Å². The van der Waals surface area contributed by atoms with E-state index in [4.69, 9.17) is 22.4 Å². The Balaban J connectivity index is 1.67. The normalized spacial score (nSPS) is 13.4. The maximum Gasteiger partial charge on any atom is 0.251 e. The highest BCUT2D eigenvalue weighted by atomic mass is 32.1. The molecular formula is C17H17N3O3S2. The van der Waals surface area contributed by atoms with Crippen molar-refractivity contribution in [2.75, 3.05) is 5.32 Å². The van der Waals surface area contributed by atoms with E-state index in [0.29, 0.717) is 16.3 Å². The lowest BCUT2D eigenvalue weighted by atomic mass is 9.95. The predicted octanol–water partition coefficient (Wildman–Crippen LogP) is 2.85. The molecule has 2 aromatic rings. The number of anilines is 1. The van der Waals surface area contributed by atoms with E-state index in [2.05, 4.69) is 10.6 Å². The first-order valence-corrected chi connectivity index (χ1v) is 9.05. The van der Waals surface area contributed by atoms with Crippen LogP contribution in [0.15, 0.2) is 28.9 Å². The Morgan fingerprint density at radius 1 is 1.32 bits per heavy atom. The lowest BCUT2D eigenvalue weighted by molar-refractivity contribution is -0.115. The van der Waals surface area contributed by atoms with Crippen molar-refractivity contribution in [2.24, 2.45) is 5.73 Å². The molecule has 0 unspecified atom stereocenters. The van der Waals surface area contributed by atoms with Gasteiger partial charge in [0.2, 0.25) is 5.91 Å². The molecule has 6 nitrogen and oxygen atoms in total. The molecule has 4 N–H and O–H groups in total. The summed E-state index contributed by atoms with van der Waals surface area (Å²) in [5, 5.41) is 6.20. The van der Waals surface area contributed by atoms with Gasteiger partial charge in [-0.1, -0.05) is 0 Å². The molecule has 25 heavy (non-hydrogen) atoms. The summed E-state index contributed by atoms with van der Waals surface area (Å²) in [6.07, 6.45) is 8.31. The number of nitrogens with one attached hydrogen (secondary N) is 2. The minimum absolute atomic E-state index is 0.121. The second-order valence-corrected chi connectivity index (χ2v) is 7.08. The van der Waals surface area contributed by atoms with Gasteiger partial charge in [0.25, 0.3) is 5.91 Å². The molecule has 0 aliphatic heterocycles. The zero-order chi connectivity index (χ0) is 17.8. The number of carbonyl (C=O) groups is 2. The molecule has 0 spiro atoms. The topological polar surface area (TPSA) is 97.4 Å². The highest BCUT2D eigenvalue weighted by Gasteiger charge is 2.24. The second kappa shape index (κ2) is 7.62. The number of thiocarbonyl (C=S) groups is 1. The number of aryl methyl sites for hydroxylation is 1. The van der Waals surface area contributed by atoms with E-state index in [9.17, 15) is 9.59 Å². The van der Waals surface area contributed by atoms with Crippen LogP contribution in [0.3, 0.4) is 0 Å². The van der Waals surface area contributed by atoms with Gasteiger partial charge in [0.1, 0.15) is 10.8 Å². The molecule has 0 aromatic carbocycles. The number of hydrogen-bond acceptors (Lipinski definition) is 5. The molecule has 3 rings (SSSR count). The van der Waals surface area contributed by atoms with Crippen LogP contribution in [0.25, 0.3) is 6.08 Å². The van der Waals surface area contributed by atoms with Gasteiger partial charge in [-0.15, -0.1) is 11.3 Å². The number of primary amides is 1. The van der Waals surface area contributed by atoms with Gasteiger partial charge >= 0.3 is 0 Å². The van der Waals surface area contributed by atoms with Crippen molar-refractivity contribution in [3.8, 4) is 0 Å². The van der Waals surface area contributed by atoms with E-state index >= 15 is 0 Å². The summed E-state index contributed by atoms with van der Waals surface area (Å²) >= 11 is 6.64. The van der Waals surface area contributed by atoms with Gasteiger partial charge in [0.15, 0.2) is 5.11 Å². The largest absolute Gasteiger partial charge is 0.465 e. The molecule has 2 amide bonds. The number of carbonyl (C=O) groups excluding carboxylic acids is 2. The Kier molecular flexibility index (Phi) is 5.30. The van der Waals surface area contributed by atoms with Crippen molar-refractivity contribution in [3.63, 3.8) is 0 Å². The monoisotopic (exact) mass is 375 g/mol. The van der Waals surface area contributed by atoms with Crippen molar-refractivity contribution >= 4 is 51.6 Å². The number of hydrogen-bond donors (Lipinski definition) is 3.